The van der Waals surface area contributed by atoms with Crippen LogP contribution in [0.3, 0.4) is 0 Å². The molecule has 2 N–H and O–H groups in total. The number of amides is 1. The molecule has 1 aromatic rings. The molecule has 1 aliphatic heterocycles. The summed E-state index contributed by atoms with van der Waals surface area (Å²) in [5.41, 5.74) is 6.43. The smallest absolute Gasteiger partial charge is 0.226 e. The fraction of sp³-hybridized carbons (Fsp3) is 0.462. The van der Waals surface area contributed by atoms with Crippen LogP contribution in [0.5, 0.6) is 0 Å². The van der Waals surface area contributed by atoms with E-state index in [9.17, 15) is 9.18 Å². The van der Waals surface area contributed by atoms with Gasteiger partial charge in [0.25, 0.3) is 0 Å². The highest BCUT2D eigenvalue weighted by Crippen LogP contribution is 2.52. The summed E-state index contributed by atoms with van der Waals surface area (Å²) in [6.45, 7) is 1.90. The highest BCUT2D eigenvalue weighted by atomic mass is 19.1. The van der Waals surface area contributed by atoms with E-state index in [4.69, 9.17) is 5.73 Å². The molecule has 3 rings (SSSR count). The number of piperidine rings is 1. The van der Waals surface area contributed by atoms with Gasteiger partial charge in [-0.2, -0.15) is 0 Å². The van der Waals surface area contributed by atoms with E-state index in [1.165, 1.54) is 12.1 Å². The minimum absolute atomic E-state index is 0.147. The molecule has 90 valence electrons. The van der Waals surface area contributed by atoms with Gasteiger partial charge in [0.1, 0.15) is 5.82 Å². The van der Waals surface area contributed by atoms with Crippen molar-refractivity contribution in [2.45, 2.75) is 6.54 Å². The van der Waals surface area contributed by atoms with Gasteiger partial charge in [0, 0.05) is 19.0 Å². The van der Waals surface area contributed by atoms with Crippen LogP contribution in [0.2, 0.25) is 0 Å². The molecule has 1 aliphatic carbocycles. The van der Waals surface area contributed by atoms with E-state index in [0.717, 1.165) is 12.1 Å². The third-order valence-corrected chi connectivity index (χ3v) is 3.89. The lowest BCUT2D eigenvalue weighted by atomic mass is 10.2. The zero-order valence-corrected chi connectivity index (χ0v) is 9.47. The van der Waals surface area contributed by atoms with Gasteiger partial charge < -0.3 is 10.6 Å². The zero-order chi connectivity index (χ0) is 12.0. The number of halogens is 1. The van der Waals surface area contributed by atoms with Crippen molar-refractivity contribution in [3.05, 3.63) is 35.6 Å². The average molecular weight is 234 g/mol. The number of hydrogen-bond donors (Lipinski definition) is 1. The quantitative estimate of drug-likeness (QED) is 0.847. The first-order valence-corrected chi connectivity index (χ1v) is 5.94. The van der Waals surface area contributed by atoms with E-state index in [-0.39, 0.29) is 17.6 Å². The Hall–Kier alpha value is -1.42. The Bertz CT molecular complexity index is 462. The number of hydrogen-bond acceptors (Lipinski definition) is 2. The molecule has 1 aromatic carbocycles. The van der Waals surface area contributed by atoms with E-state index in [0.29, 0.717) is 24.9 Å². The molecule has 0 aromatic heterocycles. The first kappa shape index (κ1) is 10.7. The fourth-order valence-electron chi connectivity index (χ4n) is 2.94. The number of carbonyl (C=O) groups is 1. The number of fused-ring (bicyclic) bond motifs is 1. The van der Waals surface area contributed by atoms with E-state index in [2.05, 4.69) is 0 Å². The summed E-state index contributed by atoms with van der Waals surface area (Å²) in [6.07, 6.45) is 0. The minimum atomic E-state index is -0.251. The van der Waals surface area contributed by atoms with Gasteiger partial charge in [-0.3, -0.25) is 4.79 Å². The van der Waals surface area contributed by atoms with Crippen molar-refractivity contribution in [3.8, 4) is 0 Å². The third-order valence-electron chi connectivity index (χ3n) is 3.89. The molecule has 0 bridgehead atoms. The number of nitrogens with two attached hydrogens (primary N) is 1. The molecule has 0 radical (unpaired) electrons. The maximum Gasteiger partial charge on any atom is 0.226 e. The first-order valence-electron chi connectivity index (χ1n) is 5.94. The fourth-order valence-corrected chi connectivity index (χ4v) is 2.94. The molecule has 3 nitrogen and oxygen atoms in total. The minimum Gasteiger partial charge on any atom is -0.338 e. The molecule has 2 aliphatic rings. The second-order valence-corrected chi connectivity index (χ2v) is 4.94. The Morgan fingerprint density at radius 1 is 1.47 bits per heavy atom. The molecule has 0 spiro atoms. The van der Waals surface area contributed by atoms with Gasteiger partial charge in [0.15, 0.2) is 0 Å². The number of likely N-dealkylation sites (tertiary alicyclic amines) is 1. The second-order valence-electron chi connectivity index (χ2n) is 4.94. The molecule has 1 saturated carbocycles. The van der Waals surface area contributed by atoms with Gasteiger partial charge >= 0.3 is 0 Å². The largest absolute Gasteiger partial charge is 0.338 e. The maximum absolute atomic E-state index is 13.0. The summed E-state index contributed by atoms with van der Waals surface area (Å²) in [5, 5.41) is 0. The summed E-state index contributed by atoms with van der Waals surface area (Å²) in [5.74, 6) is 0.926. The zero-order valence-electron chi connectivity index (χ0n) is 9.47. The van der Waals surface area contributed by atoms with Crippen LogP contribution in [-0.2, 0) is 11.3 Å². The van der Waals surface area contributed by atoms with Crippen molar-refractivity contribution in [1.82, 2.24) is 4.90 Å². The summed E-state index contributed by atoms with van der Waals surface area (Å²) in [6, 6.07) is 6.42. The van der Waals surface area contributed by atoms with E-state index in [1.807, 2.05) is 11.0 Å². The molecule has 1 amide bonds. The highest BCUT2D eigenvalue weighted by Gasteiger charge is 2.60. The number of benzene rings is 1. The van der Waals surface area contributed by atoms with E-state index in [1.54, 1.807) is 6.07 Å². The van der Waals surface area contributed by atoms with Crippen molar-refractivity contribution in [1.29, 1.82) is 0 Å². The first-order chi connectivity index (χ1) is 8.20. The second kappa shape index (κ2) is 3.81. The van der Waals surface area contributed by atoms with Crippen LogP contribution >= 0.6 is 0 Å². The molecular formula is C13H15FN2O. The number of rotatable bonds is 3. The lowest BCUT2D eigenvalue weighted by Crippen LogP contribution is -2.30. The standard InChI is InChI=1S/C13H15FN2O/c14-9-3-1-2-8(4-9)6-16-7-11-10(5-15)12(11)13(16)17/h1-4,10-12H,5-7,15H2. The van der Waals surface area contributed by atoms with E-state index >= 15 is 0 Å². The monoisotopic (exact) mass is 234 g/mol. The van der Waals surface area contributed by atoms with Gasteiger partial charge in [0.2, 0.25) is 5.91 Å². The summed E-state index contributed by atoms with van der Waals surface area (Å²) >= 11 is 0. The highest BCUT2D eigenvalue weighted by molar-refractivity contribution is 5.85. The Kier molecular flexibility index (Phi) is 2.40. The van der Waals surface area contributed by atoms with Crippen molar-refractivity contribution in [2.24, 2.45) is 23.5 Å². The third kappa shape index (κ3) is 1.72. The van der Waals surface area contributed by atoms with Crippen molar-refractivity contribution < 1.29 is 9.18 Å². The topological polar surface area (TPSA) is 46.3 Å². The number of nitrogens with zero attached hydrogens (tertiary/aromatic N) is 1. The van der Waals surface area contributed by atoms with Crippen LogP contribution in [0.15, 0.2) is 24.3 Å². The van der Waals surface area contributed by atoms with Crippen molar-refractivity contribution >= 4 is 5.91 Å². The van der Waals surface area contributed by atoms with Crippen LogP contribution in [0.1, 0.15) is 5.56 Å². The van der Waals surface area contributed by atoms with Gasteiger partial charge in [-0.05, 0) is 36.1 Å². The van der Waals surface area contributed by atoms with Crippen LogP contribution in [0, 0.1) is 23.6 Å². The lowest BCUT2D eigenvalue weighted by Gasteiger charge is -2.19. The molecule has 1 heterocycles. The van der Waals surface area contributed by atoms with Gasteiger partial charge in [-0.15, -0.1) is 0 Å². The molecule has 1 saturated heterocycles. The van der Waals surface area contributed by atoms with Crippen LogP contribution in [-0.4, -0.2) is 23.9 Å². The van der Waals surface area contributed by atoms with Crippen LogP contribution in [0.25, 0.3) is 0 Å². The molecule has 3 unspecified atom stereocenters. The molecule has 17 heavy (non-hydrogen) atoms. The Balaban J connectivity index is 1.67. The predicted octanol–water partition coefficient (Wildman–Crippen LogP) is 0.989. The lowest BCUT2D eigenvalue weighted by molar-refractivity contribution is -0.131. The SMILES string of the molecule is NCC1C2CN(Cc3cccc(F)c3)C(=O)C12. The van der Waals surface area contributed by atoms with Crippen LogP contribution < -0.4 is 5.73 Å². The number of carbonyl (C=O) groups excluding carboxylic acids is 1. The molecular weight excluding hydrogens is 219 g/mol. The van der Waals surface area contributed by atoms with Crippen molar-refractivity contribution in [3.63, 3.8) is 0 Å². The maximum atomic E-state index is 13.0. The Morgan fingerprint density at radius 2 is 2.29 bits per heavy atom. The van der Waals surface area contributed by atoms with Gasteiger partial charge in [-0.1, -0.05) is 12.1 Å². The average Bonchev–Trinajstić information content (AvgIpc) is 2.91. The Morgan fingerprint density at radius 3 is 2.88 bits per heavy atom. The van der Waals surface area contributed by atoms with Gasteiger partial charge in [-0.25, -0.2) is 4.39 Å². The predicted molar refractivity (Wildman–Crippen MR) is 61.3 cm³/mol. The molecule has 4 heteroatoms. The summed E-state index contributed by atoms with van der Waals surface area (Å²) in [4.78, 5) is 13.8. The van der Waals surface area contributed by atoms with E-state index < -0.39 is 0 Å². The van der Waals surface area contributed by atoms with Crippen LogP contribution in [0.4, 0.5) is 4.39 Å². The summed E-state index contributed by atoms with van der Waals surface area (Å²) in [7, 11) is 0. The van der Waals surface area contributed by atoms with Crippen molar-refractivity contribution in [2.75, 3.05) is 13.1 Å². The van der Waals surface area contributed by atoms with Gasteiger partial charge in [0.05, 0.1) is 0 Å². The molecule has 3 atom stereocenters. The summed E-state index contributed by atoms with van der Waals surface area (Å²) < 4.78 is 13.0. The Labute approximate surface area is 99.4 Å². The molecule has 2 fully saturated rings. The normalized spacial score (nSPS) is 30.6.